The predicted octanol–water partition coefficient (Wildman–Crippen LogP) is 2.97. The number of rotatable bonds is 3. The first kappa shape index (κ1) is 12.4. The van der Waals surface area contributed by atoms with Gasteiger partial charge in [-0.3, -0.25) is 4.68 Å². The highest BCUT2D eigenvalue weighted by molar-refractivity contribution is 6.33. The summed E-state index contributed by atoms with van der Waals surface area (Å²) in [5.74, 6) is 0. The second kappa shape index (κ2) is 5.08. The molecule has 0 aliphatic heterocycles. The Morgan fingerprint density at radius 3 is 2.82 bits per heavy atom. The molecule has 0 fully saturated rings. The summed E-state index contributed by atoms with van der Waals surface area (Å²) in [4.78, 5) is 0. The van der Waals surface area contributed by atoms with Gasteiger partial charge in [-0.05, 0) is 35.7 Å². The van der Waals surface area contributed by atoms with Crippen LogP contribution in [-0.4, -0.2) is 9.78 Å². The topological polar surface area (TPSA) is 43.8 Å². The summed E-state index contributed by atoms with van der Waals surface area (Å²) in [5.41, 5.74) is 8.07. The van der Waals surface area contributed by atoms with E-state index in [1.54, 1.807) is 23.0 Å². The van der Waals surface area contributed by atoms with E-state index in [0.29, 0.717) is 16.5 Å². The van der Waals surface area contributed by atoms with Crippen molar-refractivity contribution in [2.45, 2.75) is 12.5 Å². The van der Waals surface area contributed by atoms with Crippen molar-refractivity contribution in [2.75, 3.05) is 0 Å². The number of hydrogen-bond acceptors (Lipinski definition) is 2. The van der Waals surface area contributed by atoms with Crippen LogP contribution in [0.25, 0.3) is 0 Å². The molecule has 0 saturated heterocycles. The number of nitrogens with two attached hydrogens (primary N) is 1. The van der Waals surface area contributed by atoms with E-state index >= 15 is 0 Å². The number of benzene rings is 1. The van der Waals surface area contributed by atoms with Crippen molar-refractivity contribution in [1.82, 2.24) is 9.78 Å². The predicted molar refractivity (Wildman–Crippen MR) is 70.3 cm³/mol. The highest BCUT2D eigenvalue weighted by Crippen LogP contribution is 2.27. The summed E-state index contributed by atoms with van der Waals surface area (Å²) < 4.78 is 1.75. The second-order valence-corrected chi connectivity index (χ2v) is 4.84. The second-order valence-electron chi connectivity index (χ2n) is 4.00. The maximum Gasteiger partial charge on any atom is 0.0522 e. The molecule has 0 aliphatic carbocycles. The fourth-order valence-corrected chi connectivity index (χ4v) is 2.18. The highest BCUT2D eigenvalue weighted by atomic mass is 35.5. The molecule has 0 amide bonds. The lowest BCUT2D eigenvalue weighted by Crippen LogP contribution is -2.13. The van der Waals surface area contributed by atoms with Gasteiger partial charge in [0.2, 0.25) is 0 Å². The highest BCUT2D eigenvalue weighted by Gasteiger charge is 2.12. The maximum absolute atomic E-state index is 6.13. The first-order chi connectivity index (χ1) is 8.06. The number of aryl methyl sites for hydroxylation is 1. The number of aromatic nitrogens is 2. The third-order valence-corrected chi connectivity index (χ3v) is 3.15. The average Bonchev–Trinajstić information content (AvgIpc) is 2.67. The van der Waals surface area contributed by atoms with Crippen molar-refractivity contribution in [3.8, 4) is 0 Å². The van der Waals surface area contributed by atoms with Crippen LogP contribution < -0.4 is 5.73 Å². The monoisotopic (exact) mass is 269 g/mol. The van der Waals surface area contributed by atoms with Crippen LogP contribution in [0, 0.1) is 0 Å². The molecule has 17 heavy (non-hydrogen) atoms. The number of hydrogen-bond donors (Lipinski definition) is 1. The van der Waals surface area contributed by atoms with Crippen molar-refractivity contribution in [3.63, 3.8) is 0 Å². The van der Waals surface area contributed by atoms with Crippen molar-refractivity contribution in [1.29, 1.82) is 0 Å². The van der Waals surface area contributed by atoms with Crippen LogP contribution in [0.5, 0.6) is 0 Å². The summed E-state index contributed by atoms with van der Waals surface area (Å²) in [7, 11) is 1.88. The molecule has 1 aromatic heterocycles. The Bertz CT molecular complexity index is 522. The molecule has 5 heteroatoms. The zero-order chi connectivity index (χ0) is 12.4. The third-order valence-electron chi connectivity index (χ3n) is 2.57. The zero-order valence-corrected chi connectivity index (χ0v) is 10.9. The SMILES string of the molecule is Cn1cc(CC(N)c2cc(Cl)ccc2Cl)cn1. The normalized spacial score (nSPS) is 12.7. The van der Waals surface area contributed by atoms with Gasteiger partial charge in [-0.1, -0.05) is 23.2 Å². The fraction of sp³-hybridized carbons (Fsp3) is 0.250. The molecule has 1 aromatic carbocycles. The Morgan fingerprint density at radius 2 is 2.18 bits per heavy atom. The lowest BCUT2D eigenvalue weighted by atomic mass is 10.0. The van der Waals surface area contributed by atoms with Crippen LogP contribution >= 0.6 is 23.2 Å². The summed E-state index contributed by atoms with van der Waals surface area (Å²) >= 11 is 12.0. The summed E-state index contributed by atoms with van der Waals surface area (Å²) in [6.45, 7) is 0. The van der Waals surface area contributed by atoms with Gasteiger partial charge in [-0.2, -0.15) is 5.10 Å². The van der Waals surface area contributed by atoms with Crippen LogP contribution in [0.2, 0.25) is 10.0 Å². The first-order valence-corrected chi connectivity index (χ1v) is 6.00. The van der Waals surface area contributed by atoms with Crippen LogP contribution in [0.1, 0.15) is 17.2 Å². The van der Waals surface area contributed by atoms with E-state index in [9.17, 15) is 0 Å². The van der Waals surface area contributed by atoms with Gasteiger partial charge in [0.05, 0.1) is 6.20 Å². The minimum Gasteiger partial charge on any atom is -0.324 e. The Morgan fingerprint density at radius 1 is 1.41 bits per heavy atom. The van der Waals surface area contributed by atoms with E-state index < -0.39 is 0 Å². The molecule has 0 radical (unpaired) electrons. The van der Waals surface area contributed by atoms with Gasteiger partial charge in [0.1, 0.15) is 0 Å². The Labute approximate surface area is 110 Å². The maximum atomic E-state index is 6.13. The van der Waals surface area contributed by atoms with Crippen LogP contribution in [-0.2, 0) is 13.5 Å². The van der Waals surface area contributed by atoms with E-state index in [0.717, 1.165) is 11.1 Å². The van der Waals surface area contributed by atoms with Crippen molar-refractivity contribution < 1.29 is 0 Å². The van der Waals surface area contributed by atoms with Crippen LogP contribution in [0.4, 0.5) is 0 Å². The Hall–Kier alpha value is -1.03. The van der Waals surface area contributed by atoms with Crippen LogP contribution in [0.15, 0.2) is 30.6 Å². The van der Waals surface area contributed by atoms with Gasteiger partial charge in [-0.15, -0.1) is 0 Å². The Balaban J connectivity index is 2.19. The van der Waals surface area contributed by atoms with Gasteiger partial charge < -0.3 is 5.73 Å². The standard InChI is InChI=1S/C12H13Cl2N3/c1-17-7-8(6-16-17)4-12(15)10-5-9(13)2-3-11(10)14/h2-3,5-7,12H,4,15H2,1H3. The van der Waals surface area contributed by atoms with E-state index in [2.05, 4.69) is 5.10 Å². The molecule has 3 nitrogen and oxygen atoms in total. The van der Waals surface area contributed by atoms with E-state index in [4.69, 9.17) is 28.9 Å². The van der Waals surface area contributed by atoms with Gasteiger partial charge in [0.25, 0.3) is 0 Å². The molecular formula is C12H13Cl2N3. The van der Waals surface area contributed by atoms with Crippen LogP contribution in [0.3, 0.4) is 0 Å². The van der Waals surface area contributed by atoms with Gasteiger partial charge in [0, 0.05) is 29.3 Å². The minimum atomic E-state index is -0.176. The molecule has 0 aliphatic rings. The number of halogens is 2. The molecule has 1 heterocycles. The van der Waals surface area contributed by atoms with Gasteiger partial charge in [-0.25, -0.2) is 0 Å². The van der Waals surface area contributed by atoms with E-state index in [1.165, 1.54) is 0 Å². The first-order valence-electron chi connectivity index (χ1n) is 5.24. The van der Waals surface area contributed by atoms with Crippen molar-refractivity contribution in [3.05, 3.63) is 51.8 Å². The molecule has 1 unspecified atom stereocenters. The minimum absolute atomic E-state index is 0.176. The van der Waals surface area contributed by atoms with Crippen molar-refractivity contribution in [2.24, 2.45) is 12.8 Å². The molecule has 90 valence electrons. The van der Waals surface area contributed by atoms with Gasteiger partial charge in [0.15, 0.2) is 0 Å². The van der Waals surface area contributed by atoms with Gasteiger partial charge >= 0.3 is 0 Å². The molecule has 2 aromatic rings. The summed E-state index contributed by atoms with van der Waals surface area (Å²) in [6.07, 6.45) is 4.44. The summed E-state index contributed by atoms with van der Waals surface area (Å²) in [6, 6.07) is 5.16. The van der Waals surface area contributed by atoms with Crippen molar-refractivity contribution >= 4 is 23.2 Å². The molecule has 0 spiro atoms. The third kappa shape index (κ3) is 3.00. The van der Waals surface area contributed by atoms with E-state index in [1.807, 2.05) is 19.3 Å². The fourth-order valence-electron chi connectivity index (χ4n) is 1.74. The largest absolute Gasteiger partial charge is 0.324 e. The summed E-state index contributed by atoms with van der Waals surface area (Å²) in [5, 5.41) is 5.39. The molecule has 0 saturated carbocycles. The molecule has 2 N–H and O–H groups in total. The van der Waals surface area contributed by atoms with E-state index in [-0.39, 0.29) is 6.04 Å². The molecule has 1 atom stereocenters. The average molecular weight is 270 g/mol. The number of nitrogens with zero attached hydrogens (tertiary/aromatic N) is 2. The molecular weight excluding hydrogens is 257 g/mol. The lowest BCUT2D eigenvalue weighted by molar-refractivity contribution is 0.719. The lowest BCUT2D eigenvalue weighted by Gasteiger charge is -2.13. The quantitative estimate of drug-likeness (QED) is 0.931. The Kier molecular flexibility index (Phi) is 3.72. The smallest absolute Gasteiger partial charge is 0.0522 e. The molecule has 2 rings (SSSR count). The molecule has 0 bridgehead atoms. The zero-order valence-electron chi connectivity index (χ0n) is 9.40.